The summed E-state index contributed by atoms with van der Waals surface area (Å²) in [6.07, 6.45) is 23.1. The topological polar surface area (TPSA) is 95.4 Å². The van der Waals surface area contributed by atoms with Crippen molar-refractivity contribution in [1.29, 1.82) is 0 Å². The maximum Gasteiger partial charge on any atom is 0.309 e. The molecule has 0 aliphatic heterocycles. The second kappa shape index (κ2) is 25.7. The Kier molecular flexibility index (Phi) is 26.6. The summed E-state index contributed by atoms with van der Waals surface area (Å²) in [5, 5.41) is 0. The minimum Gasteiger partial charge on any atom is -0.466 e. The molecule has 0 unspecified atom stereocenters. The summed E-state index contributed by atoms with van der Waals surface area (Å²) in [5.41, 5.74) is 8.50. The predicted molar refractivity (Wildman–Crippen MR) is 119 cm³/mol. The van der Waals surface area contributed by atoms with Gasteiger partial charge in [-0.3, -0.25) is 4.79 Å². The smallest absolute Gasteiger partial charge is 0.309 e. The summed E-state index contributed by atoms with van der Waals surface area (Å²) in [6.45, 7) is 5.00. The molecular weight excluding hydrogens is 352 g/mol. The van der Waals surface area contributed by atoms with Crippen LogP contribution in [0.5, 0.6) is 0 Å². The molecule has 0 aromatic rings. The van der Waals surface area contributed by atoms with Crippen molar-refractivity contribution in [3.8, 4) is 0 Å². The fourth-order valence-corrected chi connectivity index (χ4v) is 3.04. The molecule has 0 fully saturated rings. The van der Waals surface area contributed by atoms with E-state index in [1.54, 1.807) is 0 Å². The molecule has 0 aromatic heterocycles. The van der Waals surface area contributed by atoms with E-state index in [0.29, 0.717) is 13.0 Å². The first-order valence-electron chi connectivity index (χ1n) is 11.7. The van der Waals surface area contributed by atoms with Crippen LogP contribution >= 0.6 is 0 Å². The van der Waals surface area contributed by atoms with Gasteiger partial charge in [0.25, 0.3) is 0 Å². The lowest BCUT2D eigenvalue weighted by atomic mass is 10.0. The normalized spacial score (nSPS) is 10.2. The highest BCUT2D eigenvalue weighted by atomic mass is 16.5. The van der Waals surface area contributed by atoms with Crippen molar-refractivity contribution in [3.63, 3.8) is 0 Å². The van der Waals surface area contributed by atoms with E-state index in [2.05, 4.69) is 25.3 Å². The van der Waals surface area contributed by atoms with E-state index in [0.717, 1.165) is 19.3 Å². The highest BCUT2D eigenvalue weighted by molar-refractivity contribution is 5.69. The highest BCUT2D eigenvalue weighted by Gasteiger charge is 2.01. The Balaban J connectivity index is 0. The van der Waals surface area contributed by atoms with Gasteiger partial charge < -0.3 is 16.2 Å². The van der Waals surface area contributed by atoms with Crippen molar-refractivity contribution < 1.29 is 14.3 Å². The van der Waals surface area contributed by atoms with Crippen LogP contribution in [0, 0.1) is 0 Å². The number of urea groups is 1. The number of unbranched alkanes of at least 4 members (excludes halogenated alkanes) is 15. The number of nitrogens with two attached hydrogens (primary N) is 2. The van der Waals surface area contributed by atoms with Crippen LogP contribution in [0.3, 0.4) is 0 Å². The minimum atomic E-state index is -0.833. The Morgan fingerprint density at radius 1 is 0.571 bits per heavy atom. The van der Waals surface area contributed by atoms with Crippen LogP contribution in [-0.2, 0) is 9.53 Å². The van der Waals surface area contributed by atoms with Gasteiger partial charge in [-0.15, -0.1) is 0 Å². The van der Waals surface area contributed by atoms with Crippen molar-refractivity contribution in [2.75, 3.05) is 6.61 Å². The zero-order valence-electron chi connectivity index (χ0n) is 18.8. The van der Waals surface area contributed by atoms with Gasteiger partial charge in [0.15, 0.2) is 0 Å². The molecule has 0 aliphatic rings. The number of carbonyl (C=O) groups excluding carboxylic acids is 2. The van der Waals surface area contributed by atoms with Crippen LogP contribution in [0.15, 0.2) is 0 Å². The summed E-state index contributed by atoms with van der Waals surface area (Å²) >= 11 is 0. The largest absolute Gasteiger partial charge is 0.466 e. The molecule has 28 heavy (non-hydrogen) atoms. The lowest BCUT2D eigenvalue weighted by molar-refractivity contribution is -0.143. The Labute approximate surface area is 174 Å². The van der Waals surface area contributed by atoms with Crippen molar-refractivity contribution in [2.45, 2.75) is 129 Å². The van der Waals surface area contributed by atoms with E-state index < -0.39 is 6.03 Å². The number of ether oxygens (including phenoxy) is 1. The molecule has 0 heterocycles. The van der Waals surface area contributed by atoms with Crippen LogP contribution in [-0.4, -0.2) is 18.6 Å². The molecule has 168 valence electrons. The van der Waals surface area contributed by atoms with Crippen molar-refractivity contribution in [3.05, 3.63) is 0 Å². The molecule has 0 aliphatic carbocycles. The molecule has 2 amide bonds. The van der Waals surface area contributed by atoms with Gasteiger partial charge in [0.05, 0.1) is 6.61 Å². The van der Waals surface area contributed by atoms with Crippen molar-refractivity contribution in [2.24, 2.45) is 11.5 Å². The molecule has 0 radical (unpaired) electrons. The van der Waals surface area contributed by atoms with Gasteiger partial charge in [-0.1, -0.05) is 110 Å². The number of amides is 2. The minimum absolute atomic E-state index is 0.00172. The third-order valence-electron chi connectivity index (χ3n) is 4.75. The molecule has 5 nitrogen and oxygen atoms in total. The van der Waals surface area contributed by atoms with Gasteiger partial charge in [-0.2, -0.15) is 0 Å². The maximum absolute atomic E-state index is 11.4. The molecule has 5 heteroatoms. The maximum atomic E-state index is 11.4. The summed E-state index contributed by atoms with van der Waals surface area (Å²) in [4.78, 5) is 20.4. The zero-order chi connectivity index (χ0) is 21.3. The molecule has 0 spiro atoms. The van der Waals surface area contributed by atoms with E-state index in [-0.39, 0.29) is 5.97 Å². The van der Waals surface area contributed by atoms with E-state index in [1.165, 1.54) is 89.9 Å². The molecular formula is C23H48N2O3. The lowest BCUT2D eigenvalue weighted by Gasteiger charge is -2.04. The first-order valence-corrected chi connectivity index (χ1v) is 11.7. The number of primary amides is 2. The first-order chi connectivity index (χ1) is 13.5. The molecule has 0 saturated heterocycles. The van der Waals surface area contributed by atoms with Gasteiger partial charge in [0, 0.05) is 6.42 Å². The van der Waals surface area contributed by atoms with Crippen molar-refractivity contribution in [1.82, 2.24) is 0 Å². The molecule has 0 aromatic carbocycles. The van der Waals surface area contributed by atoms with E-state index in [4.69, 9.17) is 9.53 Å². The van der Waals surface area contributed by atoms with Crippen LogP contribution in [0.2, 0.25) is 0 Å². The number of esters is 1. The van der Waals surface area contributed by atoms with E-state index in [1.807, 2.05) is 0 Å². The SMILES string of the molecule is CCCCCCCCCCCCCCCCCC(=O)OCCCC.NC(N)=O. The average Bonchev–Trinajstić information content (AvgIpc) is 2.64. The monoisotopic (exact) mass is 400 g/mol. The van der Waals surface area contributed by atoms with Gasteiger partial charge in [0.2, 0.25) is 0 Å². The fourth-order valence-electron chi connectivity index (χ4n) is 3.04. The van der Waals surface area contributed by atoms with Crippen LogP contribution in [0.1, 0.15) is 129 Å². The quantitative estimate of drug-likeness (QED) is 0.188. The Morgan fingerprint density at radius 3 is 1.25 bits per heavy atom. The Morgan fingerprint density at radius 2 is 0.893 bits per heavy atom. The fraction of sp³-hybridized carbons (Fsp3) is 0.913. The highest BCUT2D eigenvalue weighted by Crippen LogP contribution is 2.13. The summed E-state index contributed by atoms with van der Waals surface area (Å²) in [6, 6.07) is -0.833. The molecule has 0 saturated carbocycles. The number of rotatable bonds is 19. The van der Waals surface area contributed by atoms with E-state index >= 15 is 0 Å². The Bertz CT molecular complexity index is 332. The average molecular weight is 401 g/mol. The van der Waals surface area contributed by atoms with Gasteiger partial charge in [-0.05, 0) is 12.8 Å². The van der Waals surface area contributed by atoms with Gasteiger partial charge >= 0.3 is 12.0 Å². The van der Waals surface area contributed by atoms with Crippen LogP contribution in [0.4, 0.5) is 4.79 Å². The van der Waals surface area contributed by atoms with Gasteiger partial charge in [0.1, 0.15) is 0 Å². The summed E-state index contributed by atoms with van der Waals surface area (Å²) in [7, 11) is 0. The van der Waals surface area contributed by atoms with E-state index in [9.17, 15) is 4.79 Å². The van der Waals surface area contributed by atoms with Crippen molar-refractivity contribution >= 4 is 12.0 Å². The predicted octanol–water partition coefficient (Wildman–Crippen LogP) is 6.62. The van der Waals surface area contributed by atoms with Gasteiger partial charge in [-0.25, -0.2) is 4.79 Å². The Hall–Kier alpha value is -1.26. The second-order valence-electron chi connectivity index (χ2n) is 7.68. The number of carbonyl (C=O) groups is 2. The van der Waals surface area contributed by atoms with Crippen LogP contribution in [0.25, 0.3) is 0 Å². The molecule has 4 N–H and O–H groups in total. The molecule has 0 bridgehead atoms. The molecule has 0 rings (SSSR count). The summed E-state index contributed by atoms with van der Waals surface area (Å²) < 4.78 is 5.16. The standard InChI is InChI=1S/C22H44O2.CH4N2O/c1-3-5-7-8-9-10-11-12-13-14-15-16-17-18-19-20-22(23)24-21-6-4-2;2-1(3)4/h3-21H2,1-2H3;(H4,2,3,4). The third kappa shape index (κ3) is 32.4. The zero-order valence-corrected chi connectivity index (χ0v) is 18.8. The summed E-state index contributed by atoms with van der Waals surface area (Å²) in [5.74, 6) is -0.00172. The number of hydrogen-bond donors (Lipinski definition) is 2. The second-order valence-corrected chi connectivity index (χ2v) is 7.68. The molecule has 0 atom stereocenters. The lowest BCUT2D eigenvalue weighted by Crippen LogP contribution is -2.18. The van der Waals surface area contributed by atoms with Crippen LogP contribution < -0.4 is 11.5 Å². The first kappa shape index (κ1) is 28.9. The third-order valence-corrected chi connectivity index (χ3v) is 4.75. The number of hydrogen-bond acceptors (Lipinski definition) is 3.